The van der Waals surface area contributed by atoms with Gasteiger partial charge in [0.05, 0.1) is 7.11 Å². The van der Waals surface area contributed by atoms with Crippen molar-refractivity contribution >= 4 is 0 Å². The van der Waals surface area contributed by atoms with Crippen molar-refractivity contribution in [2.45, 2.75) is 45.4 Å². The summed E-state index contributed by atoms with van der Waals surface area (Å²) in [4.78, 5) is 8.75. The zero-order chi connectivity index (χ0) is 21.3. The van der Waals surface area contributed by atoms with Gasteiger partial charge in [-0.05, 0) is 74.8 Å². The molecule has 1 aromatic carbocycles. The Bertz CT molecular complexity index is 793. The summed E-state index contributed by atoms with van der Waals surface area (Å²) in [5, 5.41) is 10.4. The molecule has 0 radical (unpaired) electrons. The SMILES string of the molecule is COc1ccc(CN(C)Cc2ccncc2C)cc1OC[C@H](O)CN1CCCCC1. The number of methoxy groups -OCH3 is 1. The first-order chi connectivity index (χ1) is 14.5. The second-order valence-corrected chi connectivity index (χ2v) is 8.29. The fourth-order valence-electron chi connectivity index (χ4n) is 3.95. The minimum atomic E-state index is -0.506. The molecule has 1 aliphatic rings. The first-order valence-electron chi connectivity index (χ1n) is 10.8. The van der Waals surface area contributed by atoms with Crippen LogP contribution >= 0.6 is 0 Å². The van der Waals surface area contributed by atoms with E-state index in [4.69, 9.17) is 9.47 Å². The van der Waals surface area contributed by atoms with Crippen LogP contribution in [-0.2, 0) is 13.1 Å². The molecule has 0 amide bonds. The highest BCUT2D eigenvalue weighted by Crippen LogP contribution is 2.29. The standard InChI is InChI=1S/C24H35N3O3/c1-19-14-25-10-9-21(19)16-26(2)15-20-7-8-23(29-3)24(13-20)30-18-22(28)17-27-11-5-4-6-12-27/h7-10,13-14,22,28H,4-6,11-12,15-18H2,1-3H3/t22-/m1/s1. The molecule has 1 aromatic heterocycles. The van der Waals surface area contributed by atoms with Crippen LogP contribution in [0.2, 0.25) is 0 Å². The van der Waals surface area contributed by atoms with Crippen molar-refractivity contribution in [1.29, 1.82) is 0 Å². The van der Waals surface area contributed by atoms with Gasteiger partial charge in [0.25, 0.3) is 0 Å². The molecule has 1 aliphatic heterocycles. The summed E-state index contributed by atoms with van der Waals surface area (Å²) in [7, 11) is 3.75. The van der Waals surface area contributed by atoms with Crippen LogP contribution in [0, 0.1) is 6.92 Å². The first kappa shape index (κ1) is 22.5. The number of aryl methyl sites for hydroxylation is 1. The van der Waals surface area contributed by atoms with Gasteiger partial charge in [0.15, 0.2) is 11.5 Å². The van der Waals surface area contributed by atoms with Crippen LogP contribution in [0.25, 0.3) is 0 Å². The zero-order valence-electron chi connectivity index (χ0n) is 18.5. The lowest BCUT2D eigenvalue weighted by molar-refractivity contribution is 0.0608. The summed E-state index contributed by atoms with van der Waals surface area (Å²) in [6, 6.07) is 8.08. The van der Waals surface area contributed by atoms with Gasteiger partial charge in [-0.1, -0.05) is 12.5 Å². The maximum Gasteiger partial charge on any atom is 0.161 e. The topological polar surface area (TPSA) is 58.1 Å². The predicted molar refractivity (Wildman–Crippen MR) is 119 cm³/mol. The molecule has 0 saturated carbocycles. The number of aliphatic hydroxyl groups excluding tert-OH is 1. The van der Waals surface area contributed by atoms with Crippen LogP contribution in [0.5, 0.6) is 11.5 Å². The van der Waals surface area contributed by atoms with E-state index in [0.717, 1.165) is 31.7 Å². The Labute approximate surface area is 180 Å². The Morgan fingerprint density at radius 2 is 1.93 bits per heavy atom. The molecule has 30 heavy (non-hydrogen) atoms. The number of aromatic nitrogens is 1. The van der Waals surface area contributed by atoms with Gasteiger partial charge in [-0.2, -0.15) is 0 Å². The average molecular weight is 414 g/mol. The number of ether oxygens (including phenoxy) is 2. The summed E-state index contributed by atoms with van der Waals surface area (Å²) >= 11 is 0. The molecule has 6 heteroatoms. The van der Waals surface area contributed by atoms with Crippen LogP contribution in [-0.4, -0.2) is 66.4 Å². The molecule has 0 aliphatic carbocycles. The van der Waals surface area contributed by atoms with Crippen LogP contribution in [0.3, 0.4) is 0 Å². The van der Waals surface area contributed by atoms with Crippen LogP contribution < -0.4 is 9.47 Å². The van der Waals surface area contributed by atoms with Crippen molar-refractivity contribution in [3.05, 3.63) is 53.3 Å². The first-order valence-corrected chi connectivity index (χ1v) is 10.8. The molecule has 0 bridgehead atoms. The van der Waals surface area contributed by atoms with E-state index in [9.17, 15) is 5.11 Å². The largest absolute Gasteiger partial charge is 0.493 e. The lowest BCUT2D eigenvalue weighted by atomic mass is 10.1. The highest BCUT2D eigenvalue weighted by atomic mass is 16.5. The smallest absolute Gasteiger partial charge is 0.161 e. The predicted octanol–water partition coefficient (Wildman–Crippen LogP) is 3.26. The van der Waals surface area contributed by atoms with E-state index in [1.807, 2.05) is 24.5 Å². The minimum absolute atomic E-state index is 0.266. The highest BCUT2D eigenvalue weighted by molar-refractivity contribution is 5.43. The fourth-order valence-corrected chi connectivity index (χ4v) is 3.95. The normalized spacial score (nSPS) is 15.9. The number of β-amino-alcohol motifs (C(OH)–C–C–N with tert-alkyl or cyclic N) is 1. The van der Waals surface area contributed by atoms with Crippen molar-refractivity contribution in [3.8, 4) is 11.5 Å². The number of benzene rings is 1. The van der Waals surface area contributed by atoms with E-state index in [1.165, 1.54) is 30.4 Å². The third-order valence-corrected chi connectivity index (χ3v) is 5.61. The molecule has 1 saturated heterocycles. The van der Waals surface area contributed by atoms with E-state index in [1.54, 1.807) is 7.11 Å². The summed E-state index contributed by atoms with van der Waals surface area (Å²) in [5.41, 5.74) is 3.62. The van der Waals surface area contributed by atoms with Crippen molar-refractivity contribution in [2.75, 3.05) is 40.4 Å². The number of nitrogens with zero attached hydrogens (tertiary/aromatic N) is 3. The molecular formula is C24H35N3O3. The monoisotopic (exact) mass is 413 g/mol. The molecule has 2 aromatic rings. The van der Waals surface area contributed by atoms with Gasteiger partial charge in [-0.15, -0.1) is 0 Å². The molecule has 2 heterocycles. The zero-order valence-corrected chi connectivity index (χ0v) is 18.5. The Balaban J connectivity index is 1.56. The van der Waals surface area contributed by atoms with Gasteiger partial charge in [0, 0.05) is 32.0 Å². The number of rotatable bonds is 10. The number of likely N-dealkylation sites (tertiary alicyclic amines) is 1. The number of hydrogen-bond donors (Lipinski definition) is 1. The minimum Gasteiger partial charge on any atom is -0.493 e. The van der Waals surface area contributed by atoms with E-state index in [2.05, 4.69) is 40.9 Å². The van der Waals surface area contributed by atoms with Crippen molar-refractivity contribution in [3.63, 3.8) is 0 Å². The Morgan fingerprint density at radius 1 is 1.13 bits per heavy atom. The number of aliphatic hydroxyl groups is 1. The van der Waals surface area contributed by atoms with Crippen LogP contribution in [0.1, 0.15) is 36.0 Å². The van der Waals surface area contributed by atoms with Gasteiger partial charge in [-0.3, -0.25) is 9.88 Å². The van der Waals surface area contributed by atoms with E-state index in [-0.39, 0.29) is 6.61 Å². The van der Waals surface area contributed by atoms with Crippen LogP contribution in [0.4, 0.5) is 0 Å². The molecule has 0 spiro atoms. The highest BCUT2D eigenvalue weighted by Gasteiger charge is 2.16. The third-order valence-electron chi connectivity index (χ3n) is 5.61. The van der Waals surface area contributed by atoms with E-state index < -0.39 is 6.10 Å². The molecule has 164 valence electrons. The lowest BCUT2D eigenvalue weighted by Gasteiger charge is -2.28. The molecule has 6 nitrogen and oxygen atoms in total. The fraction of sp³-hybridized carbons (Fsp3) is 0.542. The maximum absolute atomic E-state index is 10.4. The van der Waals surface area contributed by atoms with Crippen LogP contribution in [0.15, 0.2) is 36.7 Å². The molecule has 0 unspecified atom stereocenters. The Kier molecular flexibility index (Phi) is 8.49. The van der Waals surface area contributed by atoms with Crippen molar-refractivity contribution in [1.82, 2.24) is 14.8 Å². The van der Waals surface area contributed by atoms with Gasteiger partial charge >= 0.3 is 0 Å². The molecule has 1 atom stereocenters. The summed E-state index contributed by atoms with van der Waals surface area (Å²) in [6.45, 7) is 6.80. The van der Waals surface area contributed by atoms with Crippen molar-refractivity contribution in [2.24, 2.45) is 0 Å². The number of piperidine rings is 1. The molecule has 1 N–H and O–H groups in total. The van der Waals surface area contributed by atoms with Gasteiger partial charge in [0.2, 0.25) is 0 Å². The molecule has 3 rings (SSSR count). The molecular weight excluding hydrogens is 378 g/mol. The summed E-state index contributed by atoms with van der Waals surface area (Å²) in [5.74, 6) is 1.37. The lowest BCUT2D eigenvalue weighted by Crippen LogP contribution is -2.38. The van der Waals surface area contributed by atoms with Crippen molar-refractivity contribution < 1.29 is 14.6 Å². The second-order valence-electron chi connectivity index (χ2n) is 8.29. The quantitative estimate of drug-likeness (QED) is 0.645. The second kappa shape index (κ2) is 11.3. The summed E-state index contributed by atoms with van der Waals surface area (Å²) in [6.07, 6.45) is 6.96. The van der Waals surface area contributed by atoms with Gasteiger partial charge < -0.3 is 19.5 Å². The van der Waals surface area contributed by atoms with E-state index in [0.29, 0.717) is 18.0 Å². The maximum atomic E-state index is 10.4. The molecule has 1 fully saturated rings. The summed E-state index contributed by atoms with van der Waals surface area (Å²) < 4.78 is 11.4. The number of pyridine rings is 1. The average Bonchev–Trinajstić information content (AvgIpc) is 2.75. The number of hydrogen-bond acceptors (Lipinski definition) is 6. The Hall–Kier alpha value is -2.15. The van der Waals surface area contributed by atoms with Gasteiger partial charge in [-0.25, -0.2) is 0 Å². The van der Waals surface area contributed by atoms with E-state index >= 15 is 0 Å². The van der Waals surface area contributed by atoms with Gasteiger partial charge in [0.1, 0.15) is 12.7 Å². The Morgan fingerprint density at radius 3 is 2.67 bits per heavy atom. The third kappa shape index (κ3) is 6.69.